The molecule has 1 N–H and O–H groups in total. The lowest BCUT2D eigenvalue weighted by Crippen LogP contribution is -2.42. The Hall–Kier alpha value is -0.580. The molecule has 1 aliphatic heterocycles. The quantitative estimate of drug-likeness (QED) is 0.759. The summed E-state index contributed by atoms with van der Waals surface area (Å²) in [7, 11) is 0. The maximum atomic E-state index is 11.3. The number of nitrogens with one attached hydrogen (secondary N) is 1. The van der Waals surface area contributed by atoms with Gasteiger partial charge in [-0.05, 0) is 13.3 Å². The molecule has 0 spiro atoms. The predicted octanol–water partition coefficient (Wildman–Crippen LogP) is 0.898. The van der Waals surface area contributed by atoms with Crippen molar-refractivity contribution in [2.24, 2.45) is 0 Å². The largest absolute Gasteiger partial charge is 0.352 e. The van der Waals surface area contributed by atoms with Gasteiger partial charge in [0.2, 0.25) is 11.8 Å². The van der Waals surface area contributed by atoms with Crippen molar-refractivity contribution in [1.29, 1.82) is 0 Å². The summed E-state index contributed by atoms with van der Waals surface area (Å²) in [5.41, 5.74) is 0. The van der Waals surface area contributed by atoms with E-state index >= 15 is 0 Å². The molecule has 86 valence electrons. The SMILES string of the molecule is CC(CN1CCCC1=O)NC(=O)CCBr. The fourth-order valence-corrected chi connectivity index (χ4v) is 2.07. The van der Waals surface area contributed by atoms with Crippen LogP contribution < -0.4 is 5.32 Å². The van der Waals surface area contributed by atoms with Crippen LogP contribution in [-0.4, -0.2) is 41.2 Å². The topological polar surface area (TPSA) is 49.4 Å². The van der Waals surface area contributed by atoms with E-state index in [0.29, 0.717) is 24.7 Å². The fourth-order valence-electron chi connectivity index (χ4n) is 1.71. The molecule has 1 fully saturated rings. The van der Waals surface area contributed by atoms with Gasteiger partial charge in [0.25, 0.3) is 0 Å². The summed E-state index contributed by atoms with van der Waals surface area (Å²) >= 11 is 3.21. The minimum absolute atomic E-state index is 0.0334. The second-order valence-corrected chi connectivity index (χ2v) is 4.64. The zero-order valence-corrected chi connectivity index (χ0v) is 10.5. The average Bonchev–Trinajstić information content (AvgIpc) is 2.52. The molecule has 5 heteroatoms. The van der Waals surface area contributed by atoms with Gasteiger partial charge >= 0.3 is 0 Å². The van der Waals surface area contributed by atoms with Gasteiger partial charge in [-0.2, -0.15) is 0 Å². The smallest absolute Gasteiger partial charge is 0.222 e. The van der Waals surface area contributed by atoms with Crippen LogP contribution in [-0.2, 0) is 9.59 Å². The number of hydrogen-bond donors (Lipinski definition) is 1. The van der Waals surface area contributed by atoms with Crippen molar-refractivity contribution in [1.82, 2.24) is 10.2 Å². The van der Waals surface area contributed by atoms with E-state index in [1.54, 1.807) is 0 Å². The first kappa shape index (κ1) is 12.5. The molecule has 1 heterocycles. The highest BCUT2D eigenvalue weighted by Gasteiger charge is 2.22. The summed E-state index contributed by atoms with van der Waals surface area (Å²) < 4.78 is 0. The Labute approximate surface area is 98.5 Å². The molecule has 2 amide bonds. The Morgan fingerprint density at radius 2 is 2.40 bits per heavy atom. The first-order chi connectivity index (χ1) is 7.13. The van der Waals surface area contributed by atoms with Crippen LogP contribution in [0.1, 0.15) is 26.2 Å². The van der Waals surface area contributed by atoms with E-state index in [9.17, 15) is 9.59 Å². The second kappa shape index (κ2) is 6.10. The van der Waals surface area contributed by atoms with Gasteiger partial charge < -0.3 is 10.2 Å². The highest BCUT2D eigenvalue weighted by molar-refractivity contribution is 9.09. The maximum Gasteiger partial charge on any atom is 0.222 e. The van der Waals surface area contributed by atoms with Crippen molar-refractivity contribution in [3.63, 3.8) is 0 Å². The highest BCUT2D eigenvalue weighted by Crippen LogP contribution is 2.09. The van der Waals surface area contributed by atoms with Crippen LogP contribution in [0.4, 0.5) is 0 Å². The lowest BCUT2D eigenvalue weighted by atomic mass is 10.3. The van der Waals surface area contributed by atoms with E-state index in [0.717, 1.165) is 13.0 Å². The van der Waals surface area contributed by atoms with Gasteiger partial charge in [0.15, 0.2) is 0 Å². The minimum atomic E-state index is 0.0334. The van der Waals surface area contributed by atoms with Gasteiger partial charge in [-0.25, -0.2) is 0 Å². The molecular weight excluding hydrogens is 260 g/mol. The lowest BCUT2D eigenvalue weighted by Gasteiger charge is -2.21. The van der Waals surface area contributed by atoms with Gasteiger partial charge in [0.1, 0.15) is 0 Å². The van der Waals surface area contributed by atoms with E-state index in [1.165, 1.54) is 0 Å². The molecule has 0 aromatic rings. The summed E-state index contributed by atoms with van der Waals surface area (Å²) in [6, 6.07) is 0.0404. The van der Waals surface area contributed by atoms with E-state index in [1.807, 2.05) is 11.8 Å². The van der Waals surface area contributed by atoms with E-state index in [2.05, 4.69) is 21.2 Å². The standard InChI is InChI=1S/C10H17BrN2O2/c1-8(12-9(14)4-5-11)7-13-6-2-3-10(13)15/h8H,2-7H2,1H3,(H,12,14). The van der Waals surface area contributed by atoms with Crippen LogP contribution >= 0.6 is 15.9 Å². The van der Waals surface area contributed by atoms with E-state index < -0.39 is 0 Å². The third-order valence-electron chi connectivity index (χ3n) is 2.39. The molecule has 0 radical (unpaired) electrons. The molecule has 15 heavy (non-hydrogen) atoms. The zero-order chi connectivity index (χ0) is 11.3. The van der Waals surface area contributed by atoms with Crippen molar-refractivity contribution in [3.8, 4) is 0 Å². The Kier molecular flexibility index (Phi) is 5.08. The van der Waals surface area contributed by atoms with Crippen molar-refractivity contribution in [3.05, 3.63) is 0 Å². The summed E-state index contributed by atoms with van der Waals surface area (Å²) in [5, 5.41) is 3.54. The molecule has 0 aliphatic carbocycles. The van der Waals surface area contributed by atoms with Crippen molar-refractivity contribution in [2.75, 3.05) is 18.4 Å². The van der Waals surface area contributed by atoms with Crippen LogP contribution in [0.5, 0.6) is 0 Å². The number of carbonyl (C=O) groups excluding carboxylic acids is 2. The number of likely N-dealkylation sites (tertiary alicyclic amines) is 1. The monoisotopic (exact) mass is 276 g/mol. The van der Waals surface area contributed by atoms with Gasteiger partial charge in [0, 0.05) is 37.3 Å². The second-order valence-electron chi connectivity index (χ2n) is 3.85. The summed E-state index contributed by atoms with van der Waals surface area (Å²) in [6.45, 7) is 3.39. The molecule has 4 nitrogen and oxygen atoms in total. The normalized spacial score (nSPS) is 18.0. The third-order valence-corrected chi connectivity index (χ3v) is 2.79. The first-order valence-electron chi connectivity index (χ1n) is 5.26. The average molecular weight is 277 g/mol. The van der Waals surface area contributed by atoms with Gasteiger partial charge in [-0.15, -0.1) is 0 Å². The van der Waals surface area contributed by atoms with Crippen LogP contribution in [0.15, 0.2) is 0 Å². The molecule has 1 saturated heterocycles. The Morgan fingerprint density at radius 1 is 1.67 bits per heavy atom. The van der Waals surface area contributed by atoms with Crippen molar-refractivity contribution >= 4 is 27.7 Å². The van der Waals surface area contributed by atoms with E-state index in [-0.39, 0.29) is 17.9 Å². The maximum absolute atomic E-state index is 11.3. The van der Waals surface area contributed by atoms with Gasteiger partial charge in [-0.1, -0.05) is 15.9 Å². The predicted molar refractivity (Wildman–Crippen MR) is 61.8 cm³/mol. The summed E-state index contributed by atoms with van der Waals surface area (Å²) in [6.07, 6.45) is 2.08. The Bertz CT molecular complexity index is 246. The number of amides is 2. The fraction of sp³-hybridized carbons (Fsp3) is 0.800. The molecule has 0 aromatic carbocycles. The first-order valence-corrected chi connectivity index (χ1v) is 6.38. The Balaban J connectivity index is 2.26. The highest BCUT2D eigenvalue weighted by atomic mass is 79.9. The number of carbonyl (C=O) groups is 2. The van der Waals surface area contributed by atoms with Crippen molar-refractivity contribution in [2.45, 2.75) is 32.2 Å². The number of hydrogen-bond acceptors (Lipinski definition) is 2. The molecule has 1 unspecified atom stereocenters. The van der Waals surface area contributed by atoms with Crippen LogP contribution in [0.3, 0.4) is 0 Å². The number of rotatable bonds is 5. The molecule has 1 atom stereocenters. The summed E-state index contributed by atoms with van der Waals surface area (Å²) in [4.78, 5) is 24.4. The molecule has 1 rings (SSSR count). The van der Waals surface area contributed by atoms with Crippen LogP contribution in [0.2, 0.25) is 0 Å². The van der Waals surface area contributed by atoms with Crippen LogP contribution in [0, 0.1) is 0 Å². The van der Waals surface area contributed by atoms with Gasteiger partial charge in [0.05, 0.1) is 0 Å². The number of alkyl halides is 1. The van der Waals surface area contributed by atoms with Gasteiger partial charge in [-0.3, -0.25) is 9.59 Å². The molecule has 0 aromatic heterocycles. The lowest BCUT2D eigenvalue weighted by molar-refractivity contribution is -0.129. The molecule has 0 saturated carbocycles. The third kappa shape index (κ3) is 4.20. The Morgan fingerprint density at radius 3 is 2.93 bits per heavy atom. The minimum Gasteiger partial charge on any atom is -0.352 e. The summed E-state index contributed by atoms with van der Waals surface area (Å²) in [5.74, 6) is 0.239. The van der Waals surface area contributed by atoms with Crippen molar-refractivity contribution < 1.29 is 9.59 Å². The zero-order valence-electron chi connectivity index (χ0n) is 8.96. The van der Waals surface area contributed by atoms with E-state index in [4.69, 9.17) is 0 Å². The van der Waals surface area contributed by atoms with Crippen LogP contribution in [0.25, 0.3) is 0 Å². The number of halogens is 1. The molecule has 0 bridgehead atoms. The number of nitrogens with zero attached hydrogens (tertiary/aromatic N) is 1. The molecular formula is C10H17BrN2O2. The molecule has 1 aliphatic rings.